The van der Waals surface area contributed by atoms with Crippen molar-refractivity contribution in [1.29, 1.82) is 0 Å². The lowest BCUT2D eigenvalue weighted by Crippen LogP contribution is -2.12. The lowest BCUT2D eigenvalue weighted by atomic mass is 10.1. The molecule has 0 radical (unpaired) electrons. The number of hydrogen-bond acceptors (Lipinski definition) is 2. The van der Waals surface area contributed by atoms with Crippen molar-refractivity contribution in [1.82, 2.24) is 0 Å². The molecule has 0 aliphatic carbocycles. The summed E-state index contributed by atoms with van der Waals surface area (Å²) in [5, 5.41) is 12.1. The zero-order valence-corrected chi connectivity index (χ0v) is 10.8. The Kier molecular flexibility index (Phi) is 3.71. The fourth-order valence-electron chi connectivity index (χ4n) is 1.52. The second-order valence-corrected chi connectivity index (χ2v) is 4.49. The highest BCUT2D eigenvalue weighted by Gasteiger charge is 2.09. The van der Waals surface area contributed by atoms with Gasteiger partial charge in [0.25, 0.3) is 5.91 Å². The van der Waals surface area contributed by atoms with Crippen molar-refractivity contribution in [2.24, 2.45) is 0 Å². The molecule has 0 heterocycles. The van der Waals surface area contributed by atoms with Crippen molar-refractivity contribution < 1.29 is 14.3 Å². The third-order valence-corrected chi connectivity index (χ3v) is 3.05. The highest BCUT2D eigenvalue weighted by atomic mass is 35.5. The largest absolute Gasteiger partial charge is 0.505 e. The summed E-state index contributed by atoms with van der Waals surface area (Å²) >= 11 is 5.93. The molecule has 3 nitrogen and oxygen atoms in total. The number of nitrogens with one attached hydrogen (secondary N) is 1. The Morgan fingerprint density at radius 3 is 2.63 bits per heavy atom. The summed E-state index contributed by atoms with van der Waals surface area (Å²) in [5.41, 5.74) is 1.51. The van der Waals surface area contributed by atoms with E-state index in [0.29, 0.717) is 10.6 Å². The zero-order chi connectivity index (χ0) is 14.0. The topological polar surface area (TPSA) is 49.3 Å². The molecule has 0 spiro atoms. The van der Waals surface area contributed by atoms with Gasteiger partial charge < -0.3 is 10.4 Å². The van der Waals surface area contributed by atoms with E-state index in [2.05, 4.69) is 5.32 Å². The normalized spacial score (nSPS) is 10.3. The smallest absolute Gasteiger partial charge is 0.255 e. The number of aryl methyl sites for hydroxylation is 1. The SMILES string of the molecule is Cc1ccc(C(=O)Nc2ccc(O)c(F)c2)cc1Cl. The van der Waals surface area contributed by atoms with E-state index in [0.717, 1.165) is 11.6 Å². The van der Waals surface area contributed by atoms with Crippen molar-refractivity contribution >= 4 is 23.2 Å². The number of phenolic OH excluding ortho intramolecular Hbond substituents is 1. The van der Waals surface area contributed by atoms with Crippen molar-refractivity contribution in [3.05, 3.63) is 58.4 Å². The van der Waals surface area contributed by atoms with E-state index in [1.165, 1.54) is 12.1 Å². The van der Waals surface area contributed by atoms with E-state index in [1.54, 1.807) is 18.2 Å². The highest BCUT2D eigenvalue weighted by Crippen LogP contribution is 2.21. The minimum absolute atomic E-state index is 0.261. The molecule has 0 aliphatic heterocycles. The van der Waals surface area contributed by atoms with Crippen LogP contribution in [0.5, 0.6) is 5.75 Å². The van der Waals surface area contributed by atoms with Crippen LogP contribution in [0.2, 0.25) is 5.02 Å². The van der Waals surface area contributed by atoms with Gasteiger partial charge in [-0.15, -0.1) is 0 Å². The molecule has 0 aliphatic rings. The van der Waals surface area contributed by atoms with Gasteiger partial charge in [0.2, 0.25) is 0 Å². The van der Waals surface area contributed by atoms with Gasteiger partial charge in [0, 0.05) is 22.3 Å². The number of anilines is 1. The van der Waals surface area contributed by atoms with E-state index < -0.39 is 17.5 Å². The van der Waals surface area contributed by atoms with Gasteiger partial charge in [-0.05, 0) is 36.8 Å². The number of benzene rings is 2. The van der Waals surface area contributed by atoms with Gasteiger partial charge in [0.1, 0.15) is 0 Å². The summed E-state index contributed by atoms with van der Waals surface area (Å²) in [5.74, 6) is -1.65. The Morgan fingerprint density at radius 2 is 2.00 bits per heavy atom. The van der Waals surface area contributed by atoms with Crippen LogP contribution in [0.1, 0.15) is 15.9 Å². The second kappa shape index (κ2) is 5.28. The number of phenols is 1. The average Bonchev–Trinajstić information content (AvgIpc) is 2.37. The molecule has 2 aromatic carbocycles. The van der Waals surface area contributed by atoms with Crippen LogP contribution in [0.3, 0.4) is 0 Å². The molecule has 19 heavy (non-hydrogen) atoms. The fraction of sp³-hybridized carbons (Fsp3) is 0.0714. The summed E-state index contributed by atoms with van der Waals surface area (Å²) in [6.07, 6.45) is 0. The number of hydrogen-bond donors (Lipinski definition) is 2. The number of carbonyl (C=O) groups is 1. The average molecular weight is 280 g/mol. The number of aromatic hydroxyl groups is 1. The van der Waals surface area contributed by atoms with Crippen LogP contribution in [-0.4, -0.2) is 11.0 Å². The zero-order valence-electron chi connectivity index (χ0n) is 10.1. The van der Waals surface area contributed by atoms with E-state index in [9.17, 15) is 9.18 Å². The lowest BCUT2D eigenvalue weighted by molar-refractivity contribution is 0.102. The molecule has 0 aromatic heterocycles. The third-order valence-electron chi connectivity index (χ3n) is 2.64. The monoisotopic (exact) mass is 279 g/mol. The minimum atomic E-state index is -0.792. The molecule has 0 fully saturated rings. The van der Waals surface area contributed by atoms with Crippen LogP contribution in [0.25, 0.3) is 0 Å². The summed E-state index contributed by atoms with van der Waals surface area (Å²) in [6, 6.07) is 8.53. The Morgan fingerprint density at radius 1 is 1.26 bits per heavy atom. The first kappa shape index (κ1) is 13.4. The van der Waals surface area contributed by atoms with Gasteiger partial charge in [-0.3, -0.25) is 4.79 Å². The molecule has 2 N–H and O–H groups in total. The molecule has 0 saturated heterocycles. The summed E-state index contributed by atoms with van der Waals surface area (Å²) in [6.45, 7) is 1.83. The van der Waals surface area contributed by atoms with Crippen molar-refractivity contribution in [3.63, 3.8) is 0 Å². The predicted molar refractivity (Wildman–Crippen MR) is 72.2 cm³/mol. The third kappa shape index (κ3) is 3.03. The van der Waals surface area contributed by atoms with Crippen LogP contribution in [0.4, 0.5) is 10.1 Å². The van der Waals surface area contributed by atoms with Gasteiger partial charge >= 0.3 is 0 Å². The molecule has 2 rings (SSSR count). The van der Waals surface area contributed by atoms with E-state index >= 15 is 0 Å². The lowest BCUT2D eigenvalue weighted by Gasteiger charge is -2.07. The minimum Gasteiger partial charge on any atom is -0.505 e. The van der Waals surface area contributed by atoms with Crippen LogP contribution in [0.15, 0.2) is 36.4 Å². The maximum absolute atomic E-state index is 13.1. The van der Waals surface area contributed by atoms with Gasteiger partial charge in [-0.2, -0.15) is 0 Å². The first-order valence-corrected chi connectivity index (χ1v) is 5.91. The Bertz CT molecular complexity index is 643. The molecular formula is C14H11ClFNO2. The predicted octanol–water partition coefficient (Wildman–Crippen LogP) is 3.75. The first-order valence-electron chi connectivity index (χ1n) is 5.53. The van der Waals surface area contributed by atoms with Crippen LogP contribution < -0.4 is 5.32 Å². The molecule has 0 saturated carbocycles. The summed E-state index contributed by atoms with van der Waals surface area (Å²) in [7, 11) is 0. The van der Waals surface area contributed by atoms with Crippen molar-refractivity contribution in [3.8, 4) is 5.75 Å². The molecule has 0 unspecified atom stereocenters. The van der Waals surface area contributed by atoms with Crippen LogP contribution in [0, 0.1) is 12.7 Å². The molecule has 1 amide bonds. The Labute approximate surface area is 114 Å². The molecule has 0 bridgehead atoms. The van der Waals surface area contributed by atoms with Crippen LogP contribution >= 0.6 is 11.6 Å². The highest BCUT2D eigenvalue weighted by molar-refractivity contribution is 6.31. The molecule has 2 aromatic rings. The second-order valence-electron chi connectivity index (χ2n) is 4.08. The maximum Gasteiger partial charge on any atom is 0.255 e. The van der Waals surface area contributed by atoms with Crippen molar-refractivity contribution in [2.45, 2.75) is 6.92 Å². The molecule has 5 heteroatoms. The van der Waals surface area contributed by atoms with Gasteiger partial charge in [-0.1, -0.05) is 17.7 Å². The number of carbonyl (C=O) groups excluding carboxylic acids is 1. The van der Waals surface area contributed by atoms with E-state index in [1.807, 2.05) is 6.92 Å². The van der Waals surface area contributed by atoms with E-state index in [-0.39, 0.29) is 5.69 Å². The molecule has 0 atom stereocenters. The number of amides is 1. The van der Waals surface area contributed by atoms with Gasteiger partial charge in [0.05, 0.1) is 0 Å². The fourth-order valence-corrected chi connectivity index (χ4v) is 1.70. The van der Waals surface area contributed by atoms with E-state index in [4.69, 9.17) is 16.7 Å². The Hall–Kier alpha value is -2.07. The standard InChI is InChI=1S/C14H11ClFNO2/c1-8-2-3-9(6-11(8)15)14(19)17-10-4-5-13(18)12(16)7-10/h2-7,18H,1H3,(H,17,19). The van der Waals surface area contributed by atoms with Gasteiger partial charge in [-0.25, -0.2) is 4.39 Å². The molecule has 98 valence electrons. The summed E-state index contributed by atoms with van der Waals surface area (Å²) < 4.78 is 13.1. The van der Waals surface area contributed by atoms with Crippen LogP contribution in [-0.2, 0) is 0 Å². The number of rotatable bonds is 2. The summed E-state index contributed by atoms with van der Waals surface area (Å²) in [4.78, 5) is 11.9. The Balaban J connectivity index is 2.20. The maximum atomic E-state index is 13.1. The number of halogens is 2. The quantitative estimate of drug-likeness (QED) is 0.823. The first-order chi connectivity index (χ1) is 8.97. The molecular weight excluding hydrogens is 269 g/mol. The van der Waals surface area contributed by atoms with Crippen molar-refractivity contribution in [2.75, 3.05) is 5.32 Å². The van der Waals surface area contributed by atoms with Gasteiger partial charge in [0.15, 0.2) is 11.6 Å².